The Bertz CT molecular complexity index is 723. The summed E-state index contributed by atoms with van der Waals surface area (Å²) in [6.07, 6.45) is 0.592. The molecule has 1 N–H and O–H groups in total. The zero-order valence-electron chi connectivity index (χ0n) is 13.8. The fraction of sp³-hybridized carbons (Fsp3) is 0.500. The molecular weight excluding hydrogens is 294 g/mol. The second-order valence-corrected chi connectivity index (χ2v) is 5.93. The molecule has 0 saturated carbocycles. The Hall–Kier alpha value is -2.28. The molecule has 0 spiro atoms. The van der Waals surface area contributed by atoms with Crippen LogP contribution in [-0.4, -0.2) is 38.5 Å². The van der Waals surface area contributed by atoms with Gasteiger partial charge in [0.15, 0.2) is 5.69 Å². The molecule has 2 atom stereocenters. The lowest BCUT2D eigenvalue weighted by atomic mass is 10.00. The molecule has 2 aromatic rings. The van der Waals surface area contributed by atoms with Crippen molar-refractivity contribution in [3.63, 3.8) is 0 Å². The zero-order valence-corrected chi connectivity index (χ0v) is 13.8. The largest absolute Gasteiger partial charge is 0.371 e. The Morgan fingerprint density at radius 1 is 1.30 bits per heavy atom. The van der Waals surface area contributed by atoms with Gasteiger partial charge in [-0.05, 0) is 39.3 Å². The van der Waals surface area contributed by atoms with Crippen molar-refractivity contribution in [1.82, 2.24) is 25.3 Å². The molecule has 1 saturated heterocycles. The molecule has 7 heteroatoms. The SMILES string of the molecule is Cc1ccc(C(=O)N[C@H]2CCO[C@@H]2c2c(C)nn(C)c2C)nn1. The van der Waals surface area contributed by atoms with Gasteiger partial charge < -0.3 is 10.1 Å². The van der Waals surface area contributed by atoms with E-state index in [1.54, 1.807) is 12.1 Å². The van der Waals surface area contributed by atoms with Gasteiger partial charge in [0.25, 0.3) is 5.91 Å². The number of carbonyl (C=O) groups is 1. The third-order valence-corrected chi connectivity index (χ3v) is 4.29. The monoisotopic (exact) mass is 315 g/mol. The molecule has 0 aliphatic carbocycles. The van der Waals surface area contributed by atoms with E-state index in [2.05, 4.69) is 20.6 Å². The topological polar surface area (TPSA) is 81.9 Å². The number of aromatic nitrogens is 4. The number of hydrogen-bond acceptors (Lipinski definition) is 5. The van der Waals surface area contributed by atoms with Crippen molar-refractivity contribution < 1.29 is 9.53 Å². The molecule has 1 fully saturated rings. The Kier molecular flexibility index (Phi) is 4.12. The van der Waals surface area contributed by atoms with Gasteiger partial charge in [-0.3, -0.25) is 9.48 Å². The van der Waals surface area contributed by atoms with E-state index in [0.29, 0.717) is 12.3 Å². The third-order valence-electron chi connectivity index (χ3n) is 4.29. The second kappa shape index (κ2) is 6.08. The van der Waals surface area contributed by atoms with Gasteiger partial charge in [-0.25, -0.2) is 0 Å². The van der Waals surface area contributed by atoms with Crippen molar-refractivity contribution in [3.8, 4) is 0 Å². The fourth-order valence-corrected chi connectivity index (χ4v) is 2.99. The molecule has 1 amide bonds. The van der Waals surface area contributed by atoms with Crippen LogP contribution in [0.4, 0.5) is 0 Å². The van der Waals surface area contributed by atoms with E-state index in [9.17, 15) is 4.79 Å². The van der Waals surface area contributed by atoms with Crippen LogP contribution in [0.2, 0.25) is 0 Å². The third kappa shape index (κ3) is 2.96. The Morgan fingerprint density at radius 2 is 2.09 bits per heavy atom. The van der Waals surface area contributed by atoms with Crippen LogP contribution >= 0.6 is 0 Å². The van der Waals surface area contributed by atoms with E-state index < -0.39 is 0 Å². The van der Waals surface area contributed by atoms with E-state index in [1.807, 2.05) is 32.5 Å². The number of carbonyl (C=O) groups excluding carboxylic acids is 1. The molecule has 1 aliphatic heterocycles. The van der Waals surface area contributed by atoms with E-state index >= 15 is 0 Å². The Labute approximate surface area is 135 Å². The standard InChI is InChI=1S/C16H21N5O2/c1-9-5-6-13(19-18-9)16(22)17-12-7-8-23-15(12)14-10(2)20-21(4)11(14)3/h5-6,12,15H,7-8H2,1-4H3,(H,17,22)/t12-,15-/m0/s1. The molecule has 0 bridgehead atoms. The van der Waals surface area contributed by atoms with Crippen molar-refractivity contribution in [1.29, 1.82) is 0 Å². The highest BCUT2D eigenvalue weighted by atomic mass is 16.5. The van der Waals surface area contributed by atoms with Crippen LogP contribution in [0.15, 0.2) is 12.1 Å². The number of nitrogens with one attached hydrogen (secondary N) is 1. The van der Waals surface area contributed by atoms with E-state index in [-0.39, 0.29) is 18.1 Å². The molecule has 23 heavy (non-hydrogen) atoms. The highest BCUT2D eigenvalue weighted by molar-refractivity contribution is 5.92. The van der Waals surface area contributed by atoms with Gasteiger partial charge in [0, 0.05) is 24.9 Å². The van der Waals surface area contributed by atoms with Gasteiger partial charge in [-0.2, -0.15) is 10.2 Å². The maximum absolute atomic E-state index is 12.4. The summed E-state index contributed by atoms with van der Waals surface area (Å²) in [5.74, 6) is -0.225. The molecule has 122 valence electrons. The summed E-state index contributed by atoms with van der Waals surface area (Å²) in [7, 11) is 1.91. The quantitative estimate of drug-likeness (QED) is 0.925. The summed E-state index contributed by atoms with van der Waals surface area (Å²) in [4.78, 5) is 12.4. The van der Waals surface area contributed by atoms with Crippen LogP contribution in [0.25, 0.3) is 0 Å². The van der Waals surface area contributed by atoms with Crippen molar-refractivity contribution in [2.75, 3.05) is 6.61 Å². The molecule has 0 aromatic carbocycles. The van der Waals surface area contributed by atoms with Crippen molar-refractivity contribution in [2.24, 2.45) is 7.05 Å². The van der Waals surface area contributed by atoms with Crippen LogP contribution in [-0.2, 0) is 11.8 Å². The van der Waals surface area contributed by atoms with Crippen LogP contribution in [0, 0.1) is 20.8 Å². The summed E-state index contributed by atoms with van der Waals surface area (Å²) in [6, 6.07) is 3.37. The van der Waals surface area contributed by atoms with E-state index in [0.717, 1.165) is 29.1 Å². The highest BCUT2D eigenvalue weighted by Gasteiger charge is 2.34. The smallest absolute Gasteiger partial charge is 0.272 e. The minimum absolute atomic E-state index is 0.0906. The van der Waals surface area contributed by atoms with Gasteiger partial charge in [0.1, 0.15) is 6.10 Å². The van der Waals surface area contributed by atoms with E-state index in [1.165, 1.54) is 0 Å². The van der Waals surface area contributed by atoms with E-state index in [4.69, 9.17) is 4.74 Å². The minimum atomic E-state index is -0.225. The fourth-order valence-electron chi connectivity index (χ4n) is 2.99. The maximum Gasteiger partial charge on any atom is 0.272 e. The predicted molar refractivity (Wildman–Crippen MR) is 84.0 cm³/mol. The Balaban J connectivity index is 1.79. The lowest BCUT2D eigenvalue weighted by Crippen LogP contribution is -2.37. The van der Waals surface area contributed by atoms with Crippen LogP contribution in [0.3, 0.4) is 0 Å². The Morgan fingerprint density at radius 3 is 2.70 bits per heavy atom. The number of hydrogen-bond donors (Lipinski definition) is 1. The zero-order chi connectivity index (χ0) is 16.6. The first-order chi connectivity index (χ1) is 11.0. The molecule has 7 nitrogen and oxygen atoms in total. The van der Waals surface area contributed by atoms with Gasteiger partial charge in [0.05, 0.1) is 17.4 Å². The van der Waals surface area contributed by atoms with Crippen LogP contribution < -0.4 is 5.32 Å². The average molecular weight is 315 g/mol. The van der Waals surface area contributed by atoms with Gasteiger partial charge in [-0.1, -0.05) is 0 Å². The number of aryl methyl sites for hydroxylation is 3. The predicted octanol–water partition coefficient (Wildman–Crippen LogP) is 1.40. The lowest BCUT2D eigenvalue weighted by Gasteiger charge is -2.20. The van der Waals surface area contributed by atoms with Crippen molar-refractivity contribution in [3.05, 3.63) is 40.5 Å². The minimum Gasteiger partial charge on any atom is -0.371 e. The van der Waals surface area contributed by atoms with Gasteiger partial charge in [-0.15, -0.1) is 5.10 Å². The first-order valence-electron chi connectivity index (χ1n) is 7.70. The molecular formula is C16H21N5O2. The number of nitrogens with zero attached hydrogens (tertiary/aromatic N) is 4. The summed E-state index contributed by atoms with van der Waals surface area (Å²) in [6.45, 7) is 6.43. The number of rotatable bonds is 3. The summed E-state index contributed by atoms with van der Waals surface area (Å²) < 4.78 is 7.72. The number of amides is 1. The average Bonchev–Trinajstić information content (AvgIpc) is 3.04. The highest BCUT2D eigenvalue weighted by Crippen LogP contribution is 2.33. The number of ether oxygens (including phenoxy) is 1. The summed E-state index contributed by atoms with van der Waals surface area (Å²) in [5, 5.41) is 15.3. The summed E-state index contributed by atoms with van der Waals surface area (Å²) in [5.41, 5.74) is 4.16. The maximum atomic E-state index is 12.4. The normalized spacial score (nSPS) is 20.7. The molecule has 0 unspecified atom stereocenters. The van der Waals surface area contributed by atoms with Gasteiger partial charge >= 0.3 is 0 Å². The molecule has 2 aromatic heterocycles. The summed E-state index contributed by atoms with van der Waals surface area (Å²) >= 11 is 0. The molecule has 3 rings (SSSR count). The van der Waals surface area contributed by atoms with Crippen molar-refractivity contribution >= 4 is 5.91 Å². The van der Waals surface area contributed by atoms with Gasteiger partial charge in [0.2, 0.25) is 0 Å². The molecule has 0 radical (unpaired) electrons. The second-order valence-electron chi connectivity index (χ2n) is 5.93. The van der Waals surface area contributed by atoms with Crippen LogP contribution in [0.1, 0.15) is 45.7 Å². The lowest BCUT2D eigenvalue weighted by molar-refractivity contribution is 0.0813. The van der Waals surface area contributed by atoms with Crippen molar-refractivity contribution in [2.45, 2.75) is 39.3 Å². The molecule has 3 heterocycles. The van der Waals surface area contributed by atoms with Crippen LogP contribution in [0.5, 0.6) is 0 Å². The first kappa shape index (κ1) is 15.6. The first-order valence-corrected chi connectivity index (χ1v) is 7.70. The molecule has 1 aliphatic rings.